The Morgan fingerprint density at radius 1 is 1.32 bits per heavy atom. The van der Waals surface area contributed by atoms with Crippen LogP contribution in [0.15, 0.2) is 24.3 Å². The number of ether oxygens (including phenoxy) is 1. The molecule has 3 rings (SSSR count). The van der Waals surface area contributed by atoms with Crippen molar-refractivity contribution in [2.24, 2.45) is 0 Å². The maximum Gasteiger partial charge on any atom is 0.120 e. The van der Waals surface area contributed by atoms with Crippen molar-refractivity contribution >= 4 is 0 Å². The average Bonchev–Trinajstić information content (AvgIpc) is 3.13. The number of hydrogen-bond acceptors (Lipinski definition) is 2. The van der Waals surface area contributed by atoms with Crippen LogP contribution in [0.4, 0.5) is 0 Å². The van der Waals surface area contributed by atoms with Gasteiger partial charge in [0.15, 0.2) is 0 Å². The molecule has 19 heavy (non-hydrogen) atoms. The third-order valence-electron chi connectivity index (χ3n) is 4.59. The van der Waals surface area contributed by atoms with Gasteiger partial charge in [-0.05, 0) is 61.8 Å². The van der Waals surface area contributed by atoms with Gasteiger partial charge >= 0.3 is 0 Å². The summed E-state index contributed by atoms with van der Waals surface area (Å²) in [6, 6.07) is 9.48. The second-order valence-corrected chi connectivity index (χ2v) is 6.40. The van der Waals surface area contributed by atoms with Crippen LogP contribution < -0.4 is 10.1 Å². The van der Waals surface area contributed by atoms with Crippen LogP contribution in [0, 0.1) is 0 Å². The molecule has 1 N–H and O–H groups in total. The largest absolute Gasteiger partial charge is 0.490 e. The van der Waals surface area contributed by atoms with Crippen LogP contribution in [0.3, 0.4) is 0 Å². The summed E-state index contributed by atoms with van der Waals surface area (Å²) in [6.07, 6.45) is 6.75. The monoisotopic (exact) mass is 259 g/mol. The molecule has 1 aromatic rings. The van der Waals surface area contributed by atoms with Gasteiger partial charge in [-0.3, -0.25) is 0 Å². The minimum absolute atomic E-state index is 0.315. The van der Waals surface area contributed by atoms with E-state index in [1.807, 2.05) is 0 Å². The van der Waals surface area contributed by atoms with Crippen LogP contribution in [0.5, 0.6) is 5.75 Å². The van der Waals surface area contributed by atoms with E-state index < -0.39 is 0 Å². The molecule has 0 saturated heterocycles. The lowest BCUT2D eigenvalue weighted by Crippen LogP contribution is -2.28. The molecule has 2 heteroatoms. The Labute approximate surface area is 116 Å². The molecule has 2 saturated carbocycles. The van der Waals surface area contributed by atoms with E-state index in [1.165, 1.54) is 37.7 Å². The van der Waals surface area contributed by atoms with Gasteiger partial charge in [0.2, 0.25) is 0 Å². The van der Waals surface area contributed by atoms with Gasteiger partial charge in [-0.2, -0.15) is 0 Å². The van der Waals surface area contributed by atoms with Crippen LogP contribution in [0.1, 0.15) is 51.5 Å². The minimum atomic E-state index is 0.315. The highest BCUT2D eigenvalue weighted by molar-refractivity contribution is 5.35. The van der Waals surface area contributed by atoms with Gasteiger partial charge < -0.3 is 10.1 Å². The summed E-state index contributed by atoms with van der Waals surface area (Å²) in [5, 5.41) is 3.59. The predicted octanol–water partition coefficient (Wildman–Crippen LogP) is 3.65. The molecule has 104 valence electrons. The van der Waals surface area contributed by atoms with Crippen molar-refractivity contribution in [3.8, 4) is 5.75 Å². The van der Waals surface area contributed by atoms with Crippen molar-refractivity contribution in [3.63, 3.8) is 0 Å². The molecule has 2 aliphatic rings. The van der Waals surface area contributed by atoms with E-state index in [-0.39, 0.29) is 0 Å². The summed E-state index contributed by atoms with van der Waals surface area (Å²) in [7, 11) is 0. The van der Waals surface area contributed by atoms with Crippen LogP contribution in [-0.2, 0) is 5.41 Å². The number of hydrogen-bond donors (Lipinski definition) is 1. The highest BCUT2D eigenvalue weighted by Crippen LogP contribution is 2.42. The van der Waals surface area contributed by atoms with Crippen molar-refractivity contribution in [2.75, 3.05) is 6.54 Å². The Morgan fingerprint density at radius 2 is 2.16 bits per heavy atom. The summed E-state index contributed by atoms with van der Waals surface area (Å²) < 4.78 is 5.93. The van der Waals surface area contributed by atoms with Crippen molar-refractivity contribution in [1.82, 2.24) is 5.32 Å². The first-order valence-corrected chi connectivity index (χ1v) is 7.70. The topological polar surface area (TPSA) is 21.3 Å². The molecule has 0 amide bonds. The standard InChI is InChI=1S/C17H25NO/c1-3-18-14-9-10-17(2,12-14)13-5-4-6-16(11-13)19-15-7-8-15/h4-6,11,14-15,18H,3,7-10,12H2,1-2H3. The number of nitrogens with one attached hydrogen (secondary N) is 1. The van der Waals surface area contributed by atoms with Crippen molar-refractivity contribution in [3.05, 3.63) is 29.8 Å². The lowest BCUT2D eigenvalue weighted by molar-refractivity contribution is 0.302. The zero-order valence-electron chi connectivity index (χ0n) is 12.1. The predicted molar refractivity (Wildman–Crippen MR) is 78.8 cm³/mol. The lowest BCUT2D eigenvalue weighted by Gasteiger charge is -2.25. The fourth-order valence-corrected chi connectivity index (χ4v) is 3.29. The van der Waals surface area contributed by atoms with Crippen molar-refractivity contribution < 1.29 is 4.74 Å². The SMILES string of the molecule is CCNC1CCC(C)(c2cccc(OC3CC3)c2)C1. The molecule has 2 fully saturated rings. The van der Waals surface area contributed by atoms with E-state index in [4.69, 9.17) is 4.74 Å². The molecular weight excluding hydrogens is 234 g/mol. The Kier molecular flexibility index (Phi) is 3.53. The molecule has 0 aromatic heterocycles. The third kappa shape index (κ3) is 2.94. The summed E-state index contributed by atoms with van der Waals surface area (Å²) in [6.45, 7) is 5.67. The van der Waals surface area contributed by atoms with Gasteiger partial charge in [-0.25, -0.2) is 0 Å². The third-order valence-corrected chi connectivity index (χ3v) is 4.59. The van der Waals surface area contributed by atoms with Gasteiger partial charge in [0.25, 0.3) is 0 Å². The summed E-state index contributed by atoms with van der Waals surface area (Å²) >= 11 is 0. The fourth-order valence-electron chi connectivity index (χ4n) is 3.29. The highest BCUT2D eigenvalue weighted by atomic mass is 16.5. The Bertz CT molecular complexity index is 441. The molecule has 2 aliphatic carbocycles. The zero-order valence-corrected chi connectivity index (χ0v) is 12.1. The molecule has 0 aliphatic heterocycles. The Balaban J connectivity index is 1.73. The van der Waals surface area contributed by atoms with Crippen molar-refractivity contribution in [1.29, 1.82) is 0 Å². The van der Waals surface area contributed by atoms with Crippen LogP contribution in [0.2, 0.25) is 0 Å². The summed E-state index contributed by atoms with van der Waals surface area (Å²) in [4.78, 5) is 0. The molecule has 2 nitrogen and oxygen atoms in total. The minimum Gasteiger partial charge on any atom is -0.490 e. The van der Waals surface area contributed by atoms with Crippen LogP contribution >= 0.6 is 0 Å². The Morgan fingerprint density at radius 3 is 2.89 bits per heavy atom. The second kappa shape index (κ2) is 5.16. The maximum atomic E-state index is 5.93. The van der Waals surface area contributed by atoms with E-state index in [2.05, 4.69) is 43.4 Å². The number of rotatable bonds is 5. The first kappa shape index (κ1) is 13.0. The second-order valence-electron chi connectivity index (χ2n) is 6.40. The maximum absolute atomic E-state index is 5.93. The van der Waals surface area contributed by atoms with Gasteiger partial charge in [-0.1, -0.05) is 26.0 Å². The fraction of sp³-hybridized carbons (Fsp3) is 0.647. The Hall–Kier alpha value is -1.02. The van der Waals surface area contributed by atoms with E-state index in [0.717, 1.165) is 12.3 Å². The first-order chi connectivity index (χ1) is 9.19. The van der Waals surface area contributed by atoms with Gasteiger partial charge in [-0.15, -0.1) is 0 Å². The smallest absolute Gasteiger partial charge is 0.120 e. The molecule has 0 heterocycles. The summed E-state index contributed by atoms with van der Waals surface area (Å²) in [5.41, 5.74) is 1.77. The van der Waals surface area contributed by atoms with Gasteiger partial charge in [0.1, 0.15) is 5.75 Å². The quantitative estimate of drug-likeness (QED) is 0.871. The lowest BCUT2D eigenvalue weighted by atomic mass is 9.81. The van der Waals surface area contributed by atoms with E-state index in [0.29, 0.717) is 17.6 Å². The van der Waals surface area contributed by atoms with E-state index in [1.54, 1.807) is 0 Å². The molecule has 1 aromatic carbocycles. The van der Waals surface area contributed by atoms with Gasteiger partial charge in [0.05, 0.1) is 6.10 Å². The summed E-state index contributed by atoms with van der Waals surface area (Å²) in [5.74, 6) is 1.06. The first-order valence-electron chi connectivity index (χ1n) is 7.70. The van der Waals surface area contributed by atoms with Crippen LogP contribution in [-0.4, -0.2) is 18.7 Å². The van der Waals surface area contributed by atoms with Gasteiger partial charge in [0, 0.05) is 6.04 Å². The zero-order chi connectivity index (χ0) is 13.3. The van der Waals surface area contributed by atoms with Crippen LogP contribution in [0.25, 0.3) is 0 Å². The molecule has 2 atom stereocenters. The molecule has 2 unspecified atom stereocenters. The molecule has 0 radical (unpaired) electrons. The highest BCUT2D eigenvalue weighted by Gasteiger charge is 2.36. The molecular formula is C17H25NO. The average molecular weight is 259 g/mol. The number of benzene rings is 1. The van der Waals surface area contributed by atoms with E-state index in [9.17, 15) is 0 Å². The van der Waals surface area contributed by atoms with E-state index >= 15 is 0 Å². The molecule has 0 spiro atoms. The van der Waals surface area contributed by atoms with Crippen molar-refractivity contribution in [2.45, 2.75) is 63.5 Å². The normalized spacial score (nSPS) is 30.5. The molecule has 0 bridgehead atoms.